The Kier molecular flexibility index (Phi) is 7.79. The molecule has 0 spiro atoms. The Morgan fingerprint density at radius 3 is 2.81 bits per heavy atom. The van der Waals surface area contributed by atoms with Gasteiger partial charge < -0.3 is 4.90 Å². The zero-order valence-corrected chi connectivity index (χ0v) is 20.9. The highest BCUT2D eigenvalue weighted by molar-refractivity contribution is 7.99. The number of pyridine rings is 2. The van der Waals surface area contributed by atoms with Gasteiger partial charge in [0.2, 0.25) is 5.91 Å². The molecular formula is C23H27N7O5S. The van der Waals surface area contributed by atoms with E-state index in [0.717, 1.165) is 18.3 Å². The molecule has 3 amide bonds. The van der Waals surface area contributed by atoms with Gasteiger partial charge in [-0.25, -0.2) is 14.8 Å². The number of carbonyl (C=O) groups is 3. The standard InChI is InChI=1S/C23H27N7O5S/c1-3-36-19-10-20(24-11-18(19)30(34)35)26-23(33)29-6-4-5-15-9-16(17(14-31)25-22(15)29)12-28-8-7-27(2)13-21(28)32/h9-11,14H,3-8,12-13H2,1-2H3,(H,24,26,33). The fourth-order valence-electron chi connectivity index (χ4n) is 4.27. The Hall–Kier alpha value is -3.58. The van der Waals surface area contributed by atoms with E-state index in [9.17, 15) is 24.5 Å². The maximum absolute atomic E-state index is 13.1. The van der Waals surface area contributed by atoms with E-state index in [2.05, 4.69) is 15.3 Å². The number of piperazine rings is 1. The van der Waals surface area contributed by atoms with Gasteiger partial charge in [-0.05, 0) is 37.3 Å². The lowest BCUT2D eigenvalue weighted by Crippen LogP contribution is -2.48. The average molecular weight is 514 g/mol. The van der Waals surface area contributed by atoms with Gasteiger partial charge in [0, 0.05) is 37.8 Å². The largest absolute Gasteiger partial charge is 0.336 e. The lowest BCUT2D eigenvalue weighted by molar-refractivity contribution is -0.388. The van der Waals surface area contributed by atoms with Gasteiger partial charge >= 0.3 is 11.7 Å². The van der Waals surface area contributed by atoms with E-state index in [-0.39, 0.29) is 29.7 Å². The summed E-state index contributed by atoms with van der Waals surface area (Å²) in [5.41, 5.74) is 1.54. The third-order valence-corrected chi connectivity index (χ3v) is 7.01. The summed E-state index contributed by atoms with van der Waals surface area (Å²) in [6, 6.07) is 2.85. The first-order chi connectivity index (χ1) is 17.3. The molecule has 190 valence electrons. The van der Waals surface area contributed by atoms with Gasteiger partial charge in [0.1, 0.15) is 23.5 Å². The molecule has 2 aliphatic heterocycles. The molecule has 4 heterocycles. The Morgan fingerprint density at radius 1 is 1.31 bits per heavy atom. The Balaban J connectivity index is 1.56. The van der Waals surface area contributed by atoms with E-state index < -0.39 is 11.0 Å². The minimum atomic E-state index is -0.504. The maximum Gasteiger partial charge on any atom is 0.328 e. The third kappa shape index (κ3) is 5.46. The van der Waals surface area contributed by atoms with Crippen LogP contribution in [0.3, 0.4) is 0 Å². The molecule has 13 heteroatoms. The van der Waals surface area contributed by atoms with E-state index in [1.165, 1.54) is 22.7 Å². The third-order valence-electron chi connectivity index (χ3n) is 6.08. The van der Waals surface area contributed by atoms with Crippen LogP contribution in [0.4, 0.5) is 22.1 Å². The van der Waals surface area contributed by atoms with Crippen molar-refractivity contribution in [2.24, 2.45) is 0 Å². The van der Waals surface area contributed by atoms with Gasteiger partial charge in [0.25, 0.3) is 0 Å². The molecule has 0 bridgehead atoms. The molecule has 0 radical (unpaired) electrons. The number of anilines is 2. The van der Waals surface area contributed by atoms with Gasteiger partial charge in [-0.2, -0.15) is 0 Å². The van der Waals surface area contributed by atoms with Crippen LogP contribution in [0.2, 0.25) is 0 Å². The van der Waals surface area contributed by atoms with Crippen LogP contribution in [-0.4, -0.2) is 81.9 Å². The second kappa shape index (κ2) is 11.0. The highest BCUT2D eigenvalue weighted by Crippen LogP contribution is 2.31. The molecule has 2 aliphatic rings. The SMILES string of the molecule is CCSc1cc(NC(=O)N2CCCc3cc(CN4CCN(C)CC4=O)c(C=O)nc32)ncc1[N+](=O)[O-]. The van der Waals surface area contributed by atoms with Crippen LogP contribution in [0.25, 0.3) is 0 Å². The van der Waals surface area contributed by atoms with Crippen molar-refractivity contribution in [2.75, 3.05) is 49.2 Å². The fourth-order valence-corrected chi connectivity index (χ4v) is 5.05. The Morgan fingerprint density at radius 2 is 2.11 bits per heavy atom. The molecule has 0 saturated carbocycles. The average Bonchev–Trinajstić information content (AvgIpc) is 2.85. The number of aldehydes is 1. The number of amides is 3. The van der Waals surface area contributed by atoms with Crippen molar-refractivity contribution in [1.29, 1.82) is 0 Å². The summed E-state index contributed by atoms with van der Waals surface area (Å²) in [6.07, 6.45) is 3.15. The van der Waals surface area contributed by atoms with Crippen molar-refractivity contribution < 1.29 is 19.3 Å². The van der Waals surface area contributed by atoms with Gasteiger partial charge in [0.15, 0.2) is 6.29 Å². The normalized spacial score (nSPS) is 16.0. The molecule has 1 fully saturated rings. The number of aromatic nitrogens is 2. The Bertz CT molecular complexity index is 1210. The van der Waals surface area contributed by atoms with Crippen molar-refractivity contribution in [2.45, 2.75) is 31.2 Å². The molecule has 0 aromatic carbocycles. The second-order valence-corrected chi connectivity index (χ2v) is 9.90. The first-order valence-corrected chi connectivity index (χ1v) is 12.6. The smallest absolute Gasteiger partial charge is 0.328 e. The Labute approximate surface area is 212 Å². The van der Waals surface area contributed by atoms with Crippen molar-refractivity contribution in [3.05, 3.63) is 45.3 Å². The molecular weight excluding hydrogens is 486 g/mol. The van der Waals surface area contributed by atoms with Crippen molar-refractivity contribution in [3.8, 4) is 0 Å². The number of urea groups is 1. The van der Waals surface area contributed by atoms with E-state index in [1.54, 1.807) is 4.90 Å². The van der Waals surface area contributed by atoms with Crippen LogP contribution in [-0.2, 0) is 17.8 Å². The summed E-state index contributed by atoms with van der Waals surface area (Å²) in [7, 11) is 1.89. The minimum absolute atomic E-state index is 0.00414. The molecule has 0 atom stereocenters. The van der Waals surface area contributed by atoms with Gasteiger partial charge in [0.05, 0.1) is 16.4 Å². The fraction of sp³-hybridized carbons (Fsp3) is 0.435. The van der Waals surface area contributed by atoms with Crippen molar-refractivity contribution >= 4 is 47.3 Å². The van der Waals surface area contributed by atoms with Crippen LogP contribution in [0.1, 0.15) is 35.0 Å². The van der Waals surface area contributed by atoms with Crippen LogP contribution < -0.4 is 10.2 Å². The molecule has 2 aromatic heterocycles. The van der Waals surface area contributed by atoms with E-state index in [1.807, 2.05) is 24.9 Å². The number of fused-ring (bicyclic) bond motifs is 1. The highest BCUT2D eigenvalue weighted by Gasteiger charge is 2.28. The number of carbonyl (C=O) groups excluding carboxylic acids is 3. The van der Waals surface area contributed by atoms with Crippen LogP contribution >= 0.6 is 11.8 Å². The molecule has 2 aromatic rings. The summed E-state index contributed by atoms with van der Waals surface area (Å²) in [5.74, 6) is 1.20. The summed E-state index contributed by atoms with van der Waals surface area (Å²) >= 11 is 1.29. The van der Waals surface area contributed by atoms with Gasteiger partial charge in [-0.1, -0.05) is 6.92 Å². The molecule has 12 nitrogen and oxygen atoms in total. The second-order valence-electron chi connectivity index (χ2n) is 8.60. The van der Waals surface area contributed by atoms with Crippen LogP contribution in [0.5, 0.6) is 0 Å². The van der Waals surface area contributed by atoms with Crippen LogP contribution in [0.15, 0.2) is 23.2 Å². The predicted octanol–water partition coefficient (Wildman–Crippen LogP) is 2.57. The molecule has 0 unspecified atom stereocenters. The quantitative estimate of drug-likeness (QED) is 0.256. The summed E-state index contributed by atoms with van der Waals surface area (Å²) in [5, 5.41) is 14.0. The van der Waals surface area contributed by atoms with Crippen molar-refractivity contribution in [1.82, 2.24) is 19.8 Å². The topological polar surface area (TPSA) is 142 Å². The number of nitrogens with zero attached hydrogens (tertiary/aromatic N) is 6. The first-order valence-electron chi connectivity index (χ1n) is 11.6. The molecule has 36 heavy (non-hydrogen) atoms. The number of rotatable bonds is 7. The highest BCUT2D eigenvalue weighted by atomic mass is 32.2. The van der Waals surface area contributed by atoms with E-state index >= 15 is 0 Å². The lowest BCUT2D eigenvalue weighted by Gasteiger charge is -2.33. The minimum Gasteiger partial charge on any atom is -0.336 e. The van der Waals surface area contributed by atoms with Crippen LogP contribution in [0, 0.1) is 10.1 Å². The van der Waals surface area contributed by atoms with E-state index in [0.29, 0.717) is 60.8 Å². The molecule has 0 aliphatic carbocycles. The first kappa shape index (κ1) is 25.5. The number of thioether (sulfide) groups is 1. The van der Waals surface area contributed by atoms with Gasteiger partial charge in [-0.3, -0.25) is 34.8 Å². The number of nitrogens with one attached hydrogen (secondary N) is 1. The molecule has 1 N–H and O–H groups in total. The van der Waals surface area contributed by atoms with E-state index in [4.69, 9.17) is 0 Å². The number of hydrogen-bond donors (Lipinski definition) is 1. The van der Waals surface area contributed by atoms with Crippen molar-refractivity contribution in [3.63, 3.8) is 0 Å². The number of likely N-dealkylation sites (N-methyl/N-ethyl adjacent to an activating group) is 1. The summed E-state index contributed by atoms with van der Waals surface area (Å²) < 4.78 is 0. The molecule has 1 saturated heterocycles. The number of aryl methyl sites for hydroxylation is 1. The zero-order chi connectivity index (χ0) is 25.8. The predicted molar refractivity (Wildman–Crippen MR) is 135 cm³/mol. The molecule has 4 rings (SSSR count). The summed E-state index contributed by atoms with van der Waals surface area (Å²) in [4.78, 5) is 62.2. The number of hydrogen-bond acceptors (Lipinski definition) is 9. The monoisotopic (exact) mass is 513 g/mol. The zero-order valence-electron chi connectivity index (χ0n) is 20.1. The number of nitro groups is 1. The maximum atomic E-state index is 13.1. The lowest BCUT2D eigenvalue weighted by atomic mass is 10.0. The summed E-state index contributed by atoms with van der Waals surface area (Å²) in [6.45, 7) is 4.21. The van der Waals surface area contributed by atoms with Gasteiger partial charge in [-0.15, -0.1) is 11.8 Å².